The Morgan fingerprint density at radius 3 is 2.47 bits per heavy atom. The standard InChI is InChI=1S/C16H34N2O/c1-7-16(8-2)13-18(14(3)9-11-17-16)12-10-15(4,5)19-6/h14,17H,7-13H2,1-6H3. The van der Waals surface area contributed by atoms with E-state index in [1.807, 2.05) is 7.11 Å². The van der Waals surface area contributed by atoms with Crippen molar-refractivity contribution in [1.29, 1.82) is 0 Å². The predicted octanol–water partition coefficient (Wildman–Crippen LogP) is 3.04. The van der Waals surface area contributed by atoms with Crippen molar-refractivity contribution in [1.82, 2.24) is 10.2 Å². The molecule has 114 valence electrons. The van der Waals surface area contributed by atoms with E-state index in [0.29, 0.717) is 11.6 Å². The molecule has 1 N–H and O–H groups in total. The number of hydrogen-bond donors (Lipinski definition) is 1. The van der Waals surface area contributed by atoms with Crippen LogP contribution in [-0.4, -0.2) is 48.8 Å². The van der Waals surface area contributed by atoms with Gasteiger partial charge in [0.05, 0.1) is 5.60 Å². The normalized spacial score (nSPS) is 25.3. The molecule has 1 heterocycles. The van der Waals surface area contributed by atoms with E-state index in [2.05, 4.69) is 44.8 Å². The molecule has 3 nitrogen and oxygen atoms in total. The van der Waals surface area contributed by atoms with Gasteiger partial charge in [0.2, 0.25) is 0 Å². The fourth-order valence-electron chi connectivity index (χ4n) is 2.87. The second kappa shape index (κ2) is 7.05. The summed E-state index contributed by atoms with van der Waals surface area (Å²) in [6.45, 7) is 14.8. The lowest BCUT2D eigenvalue weighted by atomic mass is 9.92. The van der Waals surface area contributed by atoms with Gasteiger partial charge in [0.15, 0.2) is 0 Å². The lowest BCUT2D eigenvalue weighted by Gasteiger charge is -2.38. The van der Waals surface area contributed by atoms with E-state index >= 15 is 0 Å². The van der Waals surface area contributed by atoms with Crippen molar-refractivity contribution < 1.29 is 4.74 Å². The van der Waals surface area contributed by atoms with Crippen LogP contribution in [0.5, 0.6) is 0 Å². The minimum Gasteiger partial charge on any atom is -0.379 e. The number of hydrogen-bond acceptors (Lipinski definition) is 3. The highest BCUT2D eigenvalue weighted by atomic mass is 16.5. The highest BCUT2D eigenvalue weighted by molar-refractivity contribution is 4.93. The molecular formula is C16H34N2O. The van der Waals surface area contributed by atoms with E-state index in [9.17, 15) is 0 Å². The number of rotatable bonds is 6. The second-order valence-corrected chi connectivity index (χ2v) is 6.74. The zero-order valence-corrected chi connectivity index (χ0v) is 13.9. The summed E-state index contributed by atoms with van der Waals surface area (Å²) < 4.78 is 5.56. The molecule has 0 aromatic carbocycles. The minimum atomic E-state index is -0.0134. The Hall–Kier alpha value is -0.120. The fourth-order valence-corrected chi connectivity index (χ4v) is 2.87. The molecule has 1 aliphatic rings. The van der Waals surface area contributed by atoms with Crippen molar-refractivity contribution in [2.75, 3.05) is 26.7 Å². The van der Waals surface area contributed by atoms with Crippen molar-refractivity contribution in [2.24, 2.45) is 0 Å². The van der Waals surface area contributed by atoms with Crippen LogP contribution in [0.25, 0.3) is 0 Å². The highest BCUT2D eigenvalue weighted by Crippen LogP contribution is 2.24. The van der Waals surface area contributed by atoms with Gasteiger partial charge in [-0.3, -0.25) is 4.90 Å². The van der Waals surface area contributed by atoms with Crippen molar-refractivity contribution >= 4 is 0 Å². The maximum atomic E-state index is 5.56. The summed E-state index contributed by atoms with van der Waals surface area (Å²) in [5.74, 6) is 0. The monoisotopic (exact) mass is 270 g/mol. The van der Waals surface area contributed by atoms with Gasteiger partial charge in [-0.05, 0) is 53.0 Å². The molecule has 1 saturated heterocycles. The molecule has 1 aliphatic heterocycles. The Bertz CT molecular complexity index is 261. The van der Waals surface area contributed by atoms with Gasteiger partial charge in [-0.25, -0.2) is 0 Å². The van der Waals surface area contributed by atoms with Gasteiger partial charge in [-0.2, -0.15) is 0 Å². The maximum absolute atomic E-state index is 5.56. The summed E-state index contributed by atoms with van der Waals surface area (Å²) in [4.78, 5) is 2.66. The van der Waals surface area contributed by atoms with E-state index in [1.165, 1.54) is 25.8 Å². The van der Waals surface area contributed by atoms with E-state index in [-0.39, 0.29) is 5.60 Å². The Morgan fingerprint density at radius 1 is 1.32 bits per heavy atom. The van der Waals surface area contributed by atoms with E-state index in [1.54, 1.807) is 0 Å². The first kappa shape index (κ1) is 16.9. The van der Waals surface area contributed by atoms with Gasteiger partial charge in [0.25, 0.3) is 0 Å². The summed E-state index contributed by atoms with van der Waals surface area (Å²) in [6.07, 6.45) is 4.76. The zero-order chi connectivity index (χ0) is 14.5. The summed E-state index contributed by atoms with van der Waals surface area (Å²) in [5.41, 5.74) is 0.294. The van der Waals surface area contributed by atoms with Gasteiger partial charge >= 0.3 is 0 Å². The van der Waals surface area contributed by atoms with Gasteiger partial charge in [-0.1, -0.05) is 13.8 Å². The Balaban J connectivity index is 2.67. The average molecular weight is 270 g/mol. The molecule has 0 bridgehead atoms. The van der Waals surface area contributed by atoms with Crippen LogP contribution in [0.15, 0.2) is 0 Å². The van der Waals surface area contributed by atoms with Crippen molar-refractivity contribution in [3.8, 4) is 0 Å². The smallest absolute Gasteiger partial charge is 0.0634 e. The Kier molecular flexibility index (Phi) is 6.28. The molecule has 0 aromatic rings. The molecular weight excluding hydrogens is 236 g/mol. The first-order chi connectivity index (χ1) is 8.88. The van der Waals surface area contributed by atoms with Crippen molar-refractivity contribution in [2.45, 2.75) is 77.5 Å². The van der Waals surface area contributed by atoms with Crippen LogP contribution < -0.4 is 5.32 Å². The van der Waals surface area contributed by atoms with E-state index in [0.717, 1.165) is 19.5 Å². The molecule has 0 amide bonds. The third-order valence-corrected chi connectivity index (χ3v) is 5.10. The third kappa shape index (κ3) is 4.73. The zero-order valence-electron chi connectivity index (χ0n) is 13.9. The quantitative estimate of drug-likeness (QED) is 0.803. The van der Waals surface area contributed by atoms with Gasteiger partial charge in [0, 0.05) is 31.8 Å². The highest BCUT2D eigenvalue weighted by Gasteiger charge is 2.33. The topological polar surface area (TPSA) is 24.5 Å². The summed E-state index contributed by atoms with van der Waals surface area (Å²) >= 11 is 0. The van der Waals surface area contributed by atoms with Crippen LogP contribution in [0.2, 0.25) is 0 Å². The SMILES string of the molecule is CCC1(CC)CN(CCC(C)(C)OC)C(C)CCN1. The van der Waals surface area contributed by atoms with Gasteiger partial charge in [0.1, 0.15) is 0 Å². The van der Waals surface area contributed by atoms with E-state index < -0.39 is 0 Å². The molecule has 1 rings (SSSR count). The fraction of sp³-hybridized carbons (Fsp3) is 1.00. The molecule has 0 spiro atoms. The van der Waals surface area contributed by atoms with Crippen LogP contribution in [0, 0.1) is 0 Å². The molecule has 19 heavy (non-hydrogen) atoms. The Labute approximate surface area is 120 Å². The first-order valence-electron chi connectivity index (χ1n) is 7.92. The number of nitrogens with one attached hydrogen (secondary N) is 1. The lowest BCUT2D eigenvalue weighted by molar-refractivity contribution is 0.00260. The summed E-state index contributed by atoms with van der Waals surface area (Å²) in [5, 5.41) is 3.79. The van der Waals surface area contributed by atoms with Crippen LogP contribution in [0.1, 0.15) is 60.3 Å². The molecule has 1 unspecified atom stereocenters. The summed E-state index contributed by atoms with van der Waals surface area (Å²) in [7, 11) is 1.82. The molecule has 0 radical (unpaired) electrons. The number of methoxy groups -OCH3 is 1. The second-order valence-electron chi connectivity index (χ2n) is 6.74. The summed E-state index contributed by atoms with van der Waals surface area (Å²) in [6, 6.07) is 0.667. The molecule has 0 aliphatic carbocycles. The van der Waals surface area contributed by atoms with Gasteiger partial charge < -0.3 is 10.1 Å². The van der Waals surface area contributed by atoms with Gasteiger partial charge in [-0.15, -0.1) is 0 Å². The predicted molar refractivity (Wildman–Crippen MR) is 82.7 cm³/mol. The van der Waals surface area contributed by atoms with Crippen molar-refractivity contribution in [3.05, 3.63) is 0 Å². The number of ether oxygens (including phenoxy) is 1. The van der Waals surface area contributed by atoms with Crippen molar-refractivity contribution in [3.63, 3.8) is 0 Å². The minimum absolute atomic E-state index is 0.0134. The third-order valence-electron chi connectivity index (χ3n) is 5.10. The van der Waals surface area contributed by atoms with Crippen LogP contribution in [0.4, 0.5) is 0 Å². The Morgan fingerprint density at radius 2 is 1.95 bits per heavy atom. The molecule has 0 aromatic heterocycles. The molecule has 1 atom stereocenters. The largest absolute Gasteiger partial charge is 0.379 e. The molecule has 0 saturated carbocycles. The van der Waals surface area contributed by atoms with E-state index in [4.69, 9.17) is 4.74 Å². The first-order valence-corrected chi connectivity index (χ1v) is 7.92. The molecule has 3 heteroatoms. The van der Waals surface area contributed by atoms with Crippen LogP contribution in [-0.2, 0) is 4.74 Å². The lowest BCUT2D eigenvalue weighted by Crippen LogP contribution is -2.52. The van der Waals surface area contributed by atoms with Crippen LogP contribution >= 0.6 is 0 Å². The maximum Gasteiger partial charge on any atom is 0.0634 e. The molecule has 1 fully saturated rings. The number of nitrogens with zero attached hydrogens (tertiary/aromatic N) is 1. The average Bonchev–Trinajstić information content (AvgIpc) is 2.56. The van der Waals surface area contributed by atoms with Crippen LogP contribution in [0.3, 0.4) is 0 Å².